The smallest absolute Gasteiger partial charge is 0.259 e. The first-order valence-corrected chi connectivity index (χ1v) is 4.84. The molecule has 88 valence electrons. The molecular formula is C11H9F2N3O. The van der Waals surface area contributed by atoms with Gasteiger partial charge in [-0.1, -0.05) is 0 Å². The summed E-state index contributed by atoms with van der Waals surface area (Å²) in [6.45, 7) is 1.74. The summed E-state index contributed by atoms with van der Waals surface area (Å²) in [6, 6.07) is 2.78. The molecule has 2 N–H and O–H groups in total. The molecule has 0 bridgehead atoms. The van der Waals surface area contributed by atoms with Crippen molar-refractivity contribution in [1.82, 2.24) is 10.2 Å². The van der Waals surface area contributed by atoms with E-state index in [0.29, 0.717) is 11.9 Å². The van der Waals surface area contributed by atoms with Crippen LogP contribution in [-0.4, -0.2) is 16.1 Å². The average molecular weight is 237 g/mol. The van der Waals surface area contributed by atoms with Gasteiger partial charge in [0.15, 0.2) is 0 Å². The molecule has 0 radical (unpaired) electrons. The quantitative estimate of drug-likeness (QED) is 0.841. The molecule has 2 aromatic rings. The van der Waals surface area contributed by atoms with Crippen molar-refractivity contribution in [1.29, 1.82) is 0 Å². The second-order valence-electron chi connectivity index (χ2n) is 3.51. The number of nitrogens with one attached hydrogen (secondary N) is 2. The highest BCUT2D eigenvalue weighted by atomic mass is 19.1. The molecule has 1 heterocycles. The number of anilines is 1. The predicted octanol–water partition coefficient (Wildman–Crippen LogP) is 2.25. The number of carbonyl (C=O) groups excluding carboxylic acids is 1. The first-order chi connectivity index (χ1) is 8.08. The van der Waals surface area contributed by atoms with E-state index in [1.165, 1.54) is 6.20 Å². The van der Waals surface area contributed by atoms with E-state index in [1.807, 2.05) is 0 Å². The van der Waals surface area contributed by atoms with Crippen LogP contribution in [0.3, 0.4) is 0 Å². The number of carbonyl (C=O) groups is 1. The maximum atomic E-state index is 13.3. The number of nitrogens with zero attached hydrogens (tertiary/aromatic N) is 1. The average Bonchev–Trinajstić information content (AvgIpc) is 2.64. The zero-order valence-electron chi connectivity index (χ0n) is 8.92. The van der Waals surface area contributed by atoms with Crippen molar-refractivity contribution < 1.29 is 13.6 Å². The Labute approximate surface area is 95.7 Å². The summed E-state index contributed by atoms with van der Waals surface area (Å²) in [6.07, 6.45) is 1.52. The number of hydrogen-bond acceptors (Lipinski definition) is 2. The zero-order valence-corrected chi connectivity index (χ0v) is 8.92. The monoisotopic (exact) mass is 237 g/mol. The first kappa shape index (κ1) is 11.3. The molecule has 0 aliphatic rings. The van der Waals surface area contributed by atoms with Gasteiger partial charge in [-0.2, -0.15) is 5.10 Å². The van der Waals surface area contributed by atoms with Gasteiger partial charge in [-0.05, 0) is 19.1 Å². The van der Waals surface area contributed by atoms with Crippen LogP contribution in [-0.2, 0) is 0 Å². The molecular weight excluding hydrogens is 228 g/mol. The molecule has 17 heavy (non-hydrogen) atoms. The number of aryl methyl sites for hydroxylation is 1. The molecule has 6 heteroatoms. The third-order valence-corrected chi connectivity index (χ3v) is 2.24. The summed E-state index contributed by atoms with van der Waals surface area (Å²) in [5, 5.41) is 8.72. The van der Waals surface area contributed by atoms with Gasteiger partial charge in [-0.15, -0.1) is 0 Å². The van der Waals surface area contributed by atoms with Crippen molar-refractivity contribution in [2.45, 2.75) is 6.92 Å². The van der Waals surface area contributed by atoms with Crippen LogP contribution >= 0.6 is 0 Å². The minimum absolute atomic E-state index is 0.222. The van der Waals surface area contributed by atoms with E-state index in [1.54, 1.807) is 6.92 Å². The minimum Gasteiger partial charge on any atom is -0.307 e. The third-order valence-electron chi connectivity index (χ3n) is 2.24. The molecule has 1 aromatic heterocycles. The van der Waals surface area contributed by atoms with Gasteiger partial charge < -0.3 is 5.32 Å². The number of aromatic amines is 1. The molecule has 0 saturated heterocycles. The third kappa shape index (κ3) is 2.30. The lowest BCUT2D eigenvalue weighted by atomic mass is 10.2. The minimum atomic E-state index is -0.903. The van der Waals surface area contributed by atoms with Crippen LogP contribution in [0.15, 0.2) is 24.4 Å². The summed E-state index contributed by atoms with van der Waals surface area (Å²) in [4.78, 5) is 11.7. The van der Waals surface area contributed by atoms with Crippen LogP contribution in [0.4, 0.5) is 14.6 Å². The molecule has 0 atom stereocenters. The Balaban J connectivity index is 2.23. The first-order valence-electron chi connectivity index (χ1n) is 4.84. The number of benzene rings is 1. The van der Waals surface area contributed by atoms with Crippen LogP contribution in [0.5, 0.6) is 0 Å². The van der Waals surface area contributed by atoms with E-state index < -0.39 is 17.5 Å². The van der Waals surface area contributed by atoms with Gasteiger partial charge in [-0.25, -0.2) is 8.78 Å². The van der Waals surface area contributed by atoms with Gasteiger partial charge in [0.2, 0.25) is 0 Å². The highest BCUT2D eigenvalue weighted by Gasteiger charge is 2.13. The molecule has 4 nitrogen and oxygen atoms in total. The van der Waals surface area contributed by atoms with E-state index >= 15 is 0 Å². The number of amides is 1. The Kier molecular flexibility index (Phi) is 2.86. The molecule has 0 aliphatic heterocycles. The Hall–Kier alpha value is -2.24. The number of hydrogen-bond donors (Lipinski definition) is 2. The van der Waals surface area contributed by atoms with E-state index in [0.717, 1.165) is 17.7 Å². The van der Waals surface area contributed by atoms with Crippen LogP contribution in [0, 0.1) is 18.6 Å². The fraction of sp³-hybridized carbons (Fsp3) is 0.0909. The lowest BCUT2D eigenvalue weighted by Gasteiger charge is -2.04. The molecule has 0 saturated carbocycles. The molecule has 2 rings (SSSR count). The molecule has 0 aliphatic carbocycles. The maximum Gasteiger partial charge on any atom is 0.259 e. The summed E-state index contributed by atoms with van der Waals surface area (Å²) in [5.41, 5.74) is 0.501. The van der Waals surface area contributed by atoms with Crippen molar-refractivity contribution in [2.75, 3.05) is 5.32 Å². The summed E-state index contributed by atoms with van der Waals surface area (Å²) < 4.78 is 26.0. The van der Waals surface area contributed by atoms with Crippen molar-refractivity contribution >= 4 is 11.7 Å². The topological polar surface area (TPSA) is 57.8 Å². The predicted molar refractivity (Wildman–Crippen MR) is 57.6 cm³/mol. The summed E-state index contributed by atoms with van der Waals surface area (Å²) in [5.74, 6) is -1.90. The zero-order chi connectivity index (χ0) is 12.4. The van der Waals surface area contributed by atoms with Gasteiger partial charge >= 0.3 is 0 Å². The van der Waals surface area contributed by atoms with E-state index in [2.05, 4.69) is 15.5 Å². The lowest BCUT2D eigenvalue weighted by molar-refractivity contribution is 0.102. The lowest BCUT2D eigenvalue weighted by Crippen LogP contribution is -2.14. The van der Waals surface area contributed by atoms with Crippen molar-refractivity contribution in [3.05, 3.63) is 47.2 Å². The van der Waals surface area contributed by atoms with Crippen molar-refractivity contribution in [3.63, 3.8) is 0 Å². The van der Waals surface area contributed by atoms with Crippen LogP contribution < -0.4 is 5.32 Å². The highest BCUT2D eigenvalue weighted by molar-refractivity contribution is 6.04. The largest absolute Gasteiger partial charge is 0.307 e. The fourth-order valence-corrected chi connectivity index (χ4v) is 1.33. The Morgan fingerprint density at radius 1 is 1.41 bits per heavy atom. The van der Waals surface area contributed by atoms with Crippen molar-refractivity contribution in [3.8, 4) is 0 Å². The Bertz CT molecular complexity index is 566. The molecule has 0 spiro atoms. The number of halogens is 2. The number of H-pyrrole nitrogens is 1. The molecule has 1 aromatic carbocycles. The normalized spacial score (nSPS) is 10.3. The second kappa shape index (κ2) is 4.32. The van der Waals surface area contributed by atoms with E-state index in [4.69, 9.17) is 0 Å². The Morgan fingerprint density at radius 3 is 2.76 bits per heavy atom. The summed E-state index contributed by atoms with van der Waals surface area (Å²) in [7, 11) is 0. The number of aromatic nitrogens is 2. The maximum absolute atomic E-state index is 13.3. The van der Waals surface area contributed by atoms with Gasteiger partial charge in [-0.3, -0.25) is 9.89 Å². The van der Waals surface area contributed by atoms with Crippen LogP contribution in [0.25, 0.3) is 0 Å². The van der Waals surface area contributed by atoms with Gasteiger partial charge in [0.25, 0.3) is 5.91 Å². The van der Waals surface area contributed by atoms with Gasteiger partial charge in [0.1, 0.15) is 17.5 Å². The molecule has 1 amide bonds. The SMILES string of the molecule is Cc1cn[nH]c1NC(=O)c1ccc(F)cc1F. The van der Waals surface area contributed by atoms with E-state index in [9.17, 15) is 13.6 Å². The molecule has 0 fully saturated rings. The highest BCUT2D eigenvalue weighted by Crippen LogP contribution is 2.14. The van der Waals surface area contributed by atoms with Crippen LogP contribution in [0.1, 0.15) is 15.9 Å². The van der Waals surface area contributed by atoms with Gasteiger partial charge in [0.05, 0.1) is 11.8 Å². The van der Waals surface area contributed by atoms with Crippen molar-refractivity contribution in [2.24, 2.45) is 0 Å². The van der Waals surface area contributed by atoms with Gasteiger partial charge in [0, 0.05) is 11.6 Å². The standard InChI is InChI=1S/C11H9F2N3O/c1-6-5-14-16-10(6)15-11(17)8-3-2-7(12)4-9(8)13/h2-5H,1H3,(H2,14,15,16,17). The Morgan fingerprint density at radius 2 is 2.18 bits per heavy atom. The van der Waals surface area contributed by atoms with Crippen LogP contribution in [0.2, 0.25) is 0 Å². The second-order valence-corrected chi connectivity index (χ2v) is 3.51. The van der Waals surface area contributed by atoms with E-state index in [-0.39, 0.29) is 5.56 Å². The fourth-order valence-electron chi connectivity index (χ4n) is 1.33. The number of rotatable bonds is 2. The summed E-state index contributed by atoms with van der Waals surface area (Å²) >= 11 is 0. The molecule has 0 unspecified atom stereocenters.